The molecule has 0 unspecified atom stereocenters. The maximum atomic E-state index is 11.3. The quantitative estimate of drug-likeness (QED) is 0.371. The van der Waals surface area contributed by atoms with Crippen LogP contribution in [0.25, 0.3) is 10.9 Å². The molecule has 0 aliphatic rings. The third-order valence-corrected chi connectivity index (χ3v) is 5.37. The SMILES string of the molecule is COc1ccc(Nc2nc(Nc3ccc(CNS(C)(=O)=O)cc3)nc3ccccc23)cc1. The minimum Gasteiger partial charge on any atom is -0.497 e. The van der Waals surface area contributed by atoms with Crippen LogP contribution in [0.3, 0.4) is 0 Å². The minimum absolute atomic E-state index is 0.238. The zero-order valence-electron chi connectivity index (χ0n) is 17.7. The number of hydrogen-bond acceptors (Lipinski definition) is 7. The molecule has 8 nitrogen and oxygen atoms in total. The van der Waals surface area contributed by atoms with Crippen molar-refractivity contribution in [2.24, 2.45) is 0 Å². The Balaban J connectivity index is 1.57. The Kier molecular flexibility index (Phi) is 6.20. The summed E-state index contributed by atoms with van der Waals surface area (Å²) in [5, 5.41) is 7.47. The smallest absolute Gasteiger partial charge is 0.229 e. The van der Waals surface area contributed by atoms with Crippen molar-refractivity contribution in [2.75, 3.05) is 24.0 Å². The molecule has 4 rings (SSSR count). The second-order valence-electron chi connectivity index (χ2n) is 7.18. The Labute approximate surface area is 186 Å². The van der Waals surface area contributed by atoms with Gasteiger partial charge in [0.05, 0.1) is 18.9 Å². The summed E-state index contributed by atoms with van der Waals surface area (Å²) in [6.45, 7) is 0.238. The molecule has 3 N–H and O–H groups in total. The Bertz CT molecular complexity index is 1320. The van der Waals surface area contributed by atoms with E-state index in [1.54, 1.807) is 7.11 Å². The molecule has 164 valence electrons. The Morgan fingerprint density at radius 3 is 2.19 bits per heavy atom. The Morgan fingerprint density at radius 2 is 1.50 bits per heavy atom. The Hall–Kier alpha value is -3.69. The van der Waals surface area contributed by atoms with Crippen LogP contribution in [0.2, 0.25) is 0 Å². The molecule has 9 heteroatoms. The number of nitrogens with zero attached hydrogens (tertiary/aromatic N) is 2. The molecule has 32 heavy (non-hydrogen) atoms. The van der Waals surface area contributed by atoms with Crippen LogP contribution in [0.15, 0.2) is 72.8 Å². The van der Waals surface area contributed by atoms with E-state index in [1.807, 2.05) is 72.8 Å². The van der Waals surface area contributed by atoms with Crippen molar-refractivity contribution in [3.63, 3.8) is 0 Å². The summed E-state index contributed by atoms with van der Waals surface area (Å²) in [5.74, 6) is 1.90. The molecular formula is C23H23N5O3S. The fourth-order valence-corrected chi connectivity index (χ4v) is 3.52. The lowest BCUT2D eigenvalue weighted by molar-refractivity contribution is 0.415. The van der Waals surface area contributed by atoms with E-state index < -0.39 is 10.0 Å². The summed E-state index contributed by atoms with van der Waals surface area (Å²) < 4.78 is 30.2. The van der Waals surface area contributed by atoms with E-state index in [0.717, 1.165) is 39.8 Å². The van der Waals surface area contributed by atoms with Crippen LogP contribution in [0, 0.1) is 0 Å². The van der Waals surface area contributed by atoms with Crippen LogP contribution in [0.4, 0.5) is 23.1 Å². The van der Waals surface area contributed by atoms with E-state index in [0.29, 0.717) is 11.8 Å². The van der Waals surface area contributed by atoms with E-state index in [-0.39, 0.29) is 6.54 Å². The molecule has 0 atom stereocenters. The maximum absolute atomic E-state index is 11.3. The van der Waals surface area contributed by atoms with Crippen LogP contribution < -0.4 is 20.1 Å². The number of hydrogen-bond donors (Lipinski definition) is 3. The summed E-state index contributed by atoms with van der Waals surface area (Å²) >= 11 is 0. The monoisotopic (exact) mass is 449 g/mol. The lowest BCUT2D eigenvalue weighted by Gasteiger charge is -2.12. The van der Waals surface area contributed by atoms with Gasteiger partial charge >= 0.3 is 0 Å². The van der Waals surface area contributed by atoms with Crippen molar-refractivity contribution in [3.05, 3.63) is 78.4 Å². The van der Waals surface area contributed by atoms with Gasteiger partial charge in [-0.3, -0.25) is 0 Å². The van der Waals surface area contributed by atoms with Gasteiger partial charge in [0.25, 0.3) is 0 Å². The van der Waals surface area contributed by atoms with E-state index in [4.69, 9.17) is 4.74 Å². The van der Waals surface area contributed by atoms with E-state index in [9.17, 15) is 8.42 Å². The van der Waals surface area contributed by atoms with Gasteiger partial charge in [0.2, 0.25) is 16.0 Å². The summed E-state index contributed by atoms with van der Waals surface area (Å²) in [4.78, 5) is 9.29. The molecule has 0 fully saturated rings. The molecule has 0 saturated heterocycles. The van der Waals surface area contributed by atoms with Gasteiger partial charge in [0.15, 0.2) is 0 Å². The number of aromatic nitrogens is 2. The van der Waals surface area contributed by atoms with Gasteiger partial charge in [-0.25, -0.2) is 18.1 Å². The zero-order chi connectivity index (χ0) is 22.6. The van der Waals surface area contributed by atoms with Crippen LogP contribution in [-0.4, -0.2) is 31.8 Å². The van der Waals surface area contributed by atoms with Crippen LogP contribution in [0.5, 0.6) is 5.75 Å². The van der Waals surface area contributed by atoms with Gasteiger partial charge in [-0.1, -0.05) is 24.3 Å². The average Bonchev–Trinajstić information content (AvgIpc) is 2.79. The highest BCUT2D eigenvalue weighted by Gasteiger charge is 2.09. The molecule has 0 amide bonds. The molecule has 4 aromatic rings. The first kappa shape index (κ1) is 21.5. The van der Waals surface area contributed by atoms with Gasteiger partial charge < -0.3 is 15.4 Å². The highest BCUT2D eigenvalue weighted by Crippen LogP contribution is 2.27. The average molecular weight is 450 g/mol. The van der Waals surface area contributed by atoms with Crippen molar-refractivity contribution in [1.82, 2.24) is 14.7 Å². The first-order chi connectivity index (χ1) is 15.4. The fraction of sp³-hybridized carbons (Fsp3) is 0.130. The number of fused-ring (bicyclic) bond motifs is 1. The third kappa shape index (κ3) is 5.51. The normalized spacial score (nSPS) is 11.3. The molecule has 0 aliphatic carbocycles. The predicted octanol–water partition coefficient (Wildman–Crippen LogP) is 4.17. The maximum Gasteiger partial charge on any atom is 0.229 e. The molecule has 0 saturated carbocycles. The van der Waals surface area contributed by atoms with Crippen molar-refractivity contribution >= 4 is 44.1 Å². The number of anilines is 4. The number of para-hydroxylation sites is 1. The molecule has 3 aromatic carbocycles. The summed E-state index contributed by atoms with van der Waals surface area (Å²) in [6.07, 6.45) is 1.14. The van der Waals surface area contributed by atoms with E-state index in [1.165, 1.54) is 0 Å². The summed E-state index contributed by atoms with van der Waals surface area (Å²) in [7, 11) is -1.60. The van der Waals surface area contributed by atoms with Crippen LogP contribution >= 0.6 is 0 Å². The number of nitrogens with one attached hydrogen (secondary N) is 3. The van der Waals surface area contributed by atoms with Gasteiger partial charge in [0.1, 0.15) is 11.6 Å². The predicted molar refractivity (Wildman–Crippen MR) is 127 cm³/mol. The van der Waals surface area contributed by atoms with E-state index in [2.05, 4.69) is 25.3 Å². The number of ether oxygens (including phenoxy) is 1. The summed E-state index contributed by atoms with van der Waals surface area (Å²) in [5.41, 5.74) is 3.32. The molecular weight excluding hydrogens is 426 g/mol. The van der Waals surface area contributed by atoms with E-state index >= 15 is 0 Å². The number of benzene rings is 3. The van der Waals surface area contributed by atoms with Gasteiger partial charge in [-0.2, -0.15) is 4.98 Å². The molecule has 0 radical (unpaired) electrons. The second kappa shape index (κ2) is 9.21. The first-order valence-electron chi connectivity index (χ1n) is 9.88. The minimum atomic E-state index is -3.24. The van der Waals surface area contributed by atoms with Crippen molar-refractivity contribution in [3.8, 4) is 5.75 Å². The molecule has 1 aromatic heterocycles. The topological polar surface area (TPSA) is 105 Å². The highest BCUT2D eigenvalue weighted by atomic mass is 32.2. The van der Waals surface area contributed by atoms with Crippen molar-refractivity contribution in [1.29, 1.82) is 0 Å². The number of sulfonamides is 1. The first-order valence-corrected chi connectivity index (χ1v) is 11.8. The lowest BCUT2D eigenvalue weighted by Crippen LogP contribution is -2.21. The van der Waals surface area contributed by atoms with Crippen molar-refractivity contribution in [2.45, 2.75) is 6.54 Å². The van der Waals surface area contributed by atoms with Crippen LogP contribution in [-0.2, 0) is 16.6 Å². The zero-order valence-corrected chi connectivity index (χ0v) is 18.5. The highest BCUT2D eigenvalue weighted by molar-refractivity contribution is 7.88. The second-order valence-corrected chi connectivity index (χ2v) is 9.01. The number of rotatable bonds is 8. The molecule has 0 spiro atoms. The van der Waals surface area contributed by atoms with Gasteiger partial charge in [0, 0.05) is 23.3 Å². The molecule has 1 heterocycles. The lowest BCUT2D eigenvalue weighted by atomic mass is 10.2. The standard InChI is InChI=1S/C23H23N5O3S/c1-31-19-13-11-17(12-14-19)25-22-20-5-3-4-6-21(20)27-23(28-22)26-18-9-7-16(8-10-18)15-24-32(2,29)30/h3-14,24H,15H2,1-2H3,(H2,25,26,27,28). The molecule has 0 bridgehead atoms. The fourth-order valence-electron chi connectivity index (χ4n) is 3.09. The largest absolute Gasteiger partial charge is 0.497 e. The number of methoxy groups -OCH3 is 1. The Morgan fingerprint density at radius 1 is 0.844 bits per heavy atom. The van der Waals surface area contributed by atoms with Gasteiger partial charge in [-0.05, 0) is 54.1 Å². The van der Waals surface area contributed by atoms with Crippen LogP contribution in [0.1, 0.15) is 5.56 Å². The molecule has 0 aliphatic heterocycles. The van der Waals surface area contributed by atoms with Gasteiger partial charge in [-0.15, -0.1) is 0 Å². The summed E-state index contributed by atoms with van der Waals surface area (Å²) in [6, 6.07) is 22.8. The van der Waals surface area contributed by atoms with Crippen molar-refractivity contribution < 1.29 is 13.2 Å². The third-order valence-electron chi connectivity index (χ3n) is 4.70.